The number of nitriles is 1. The summed E-state index contributed by atoms with van der Waals surface area (Å²) in [5, 5.41) is 15.3. The number of hydrogen-bond donors (Lipinski definition) is 1. The third kappa shape index (κ3) is 3.32. The third-order valence-electron chi connectivity index (χ3n) is 2.03. The quantitative estimate of drug-likeness (QED) is 0.907. The monoisotopic (exact) mass is 272 g/mol. The maximum absolute atomic E-state index is 8.88. The van der Waals surface area contributed by atoms with Crippen LogP contribution in [0.2, 0.25) is 0 Å². The minimum Gasteiger partial charge on any atom is -0.376 e. The van der Waals surface area contributed by atoms with Crippen molar-refractivity contribution < 1.29 is 0 Å². The fourth-order valence-corrected chi connectivity index (χ4v) is 2.38. The molecule has 0 bridgehead atoms. The Hall–Kier alpha value is -0.530. The highest BCUT2D eigenvalue weighted by Crippen LogP contribution is 2.25. The number of rotatable bonds is 4. The number of nitrogens with zero attached hydrogens (tertiary/aromatic N) is 1. The van der Waals surface area contributed by atoms with Gasteiger partial charge in [0.25, 0.3) is 0 Å². The molecule has 1 atom stereocenters. The molecule has 1 heterocycles. The van der Waals surface area contributed by atoms with Crippen LogP contribution in [-0.2, 0) is 0 Å². The fraction of sp³-hybridized carbons (Fsp3) is 0.500. The van der Waals surface area contributed by atoms with Gasteiger partial charge in [-0.25, -0.2) is 0 Å². The zero-order chi connectivity index (χ0) is 10.6. The third-order valence-corrected chi connectivity index (χ3v) is 3.68. The van der Waals surface area contributed by atoms with Crippen LogP contribution in [0.3, 0.4) is 0 Å². The maximum atomic E-state index is 8.88. The highest BCUT2D eigenvalue weighted by molar-refractivity contribution is 9.10. The smallest absolute Gasteiger partial charge is 0.0894 e. The van der Waals surface area contributed by atoms with Crippen LogP contribution in [0.15, 0.2) is 15.9 Å². The lowest BCUT2D eigenvalue weighted by molar-refractivity contribution is 0.496. The van der Waals surface area contributed by atoms with Gasteiger partial charge >= 0.3 is 0 Å². The van der Waals surface area contributed by atoms with Crippen LogP contribution in [0.5, 0.6) is 0 Å². The first-order valence-electron chi connectivity index (χ1n) is 4.51. The molecule has 1 unspecified atom stereocenters. The predicted octanol–water partition coefficient (Wildman–Crippen LogP) is 3.72. The highest BCUT2D eigenvalue weighted by Gasteiger charge is 2.11. The zero-order valence-electron chi connectivity index (χ0n) is 8.25. The first-order chi connectivity index (χ1) is 6.63. The Labute approximate surface area is 97.1 Å². The van der Waals surface area contributed by atoms with Crippen molar-refractivity contribution in [2.75, 3.05) is 11.9 Å². The van der Waals surface area contributed by atoms with Crippen LogP contribution in [0.1, 0.15) is 13.8 Å². The molecule has 4 heteroatoms. The van der Waals surface area contributed by atoms with Crippen LogP contribution in [0.25, 0.3) is 0 Å². The van der Waals surface area contributed by atoms with Gasteiger partial charge in [-0.05, 0) is 27.9 Å². The van der Waals surface area contributed by atoms with Crippen LogP contribution in [0, 0.1) is 23.2 Å². The molecule has 0 saturated heterocycles. The average molecular weight is 273 g/mol. The van der Waals surface area contributed by atoms with E-state index in [9.17, 15) is 0 Å². The maximum Gasteiger partial charge on any atom is 0.0894 e. The van der Waals surface area contributed by atoms with Crippen molar-refractivity contribution in [3.63, 3.8) is 0 Å². The topological polar surface area (TPSA) is 35.8 Å². The number of thiophene rings is 1. The fourth-order valence-electron chi connectivity index (χ4n) is 1.05. The number of nitrogens with one attached hydrogen (secondary N) is 1. The molecule has 0 aromatic carbocycles. The Kier molecular flexibility index (Phi) is 4.43. The van der Waals surface area contributed by atoms with Gasteiger partial charge in [0, 0.05) is 16.4 Å². The first-order valence-corrected chi connectivity index (χ1v) is 6.18. The normalized spacial score (nSPS) is 12.5. The minimum absolute atomic E-state index is 0.0795. The van der Waals surface area contributed by atoms with Gasteiger partial charge in [-0.1, -0.05) is 13.8 Å². The van der Waals surface area contributed by atoms with Crippen molar-refractivity contribution in [1.29, 1.82) is 5.26 Å². The summed E-state index contributed by atoms with van der Waals surface area (Å²) in [6.07, 6.45) is 0. The SMILES string of the molecule is CC(C)C(C#N)CNc1cc(Br)cs1. The van der Waals surface area contributed by atoms with E-state index in [0.717, 1.165) is 16.0 Å². The molecule has 0 spiro atoms. The summed E-state index contributed by atoms with van der Waals surface area (Å²) in [6.45, 7) is 4.86. The van der Waals surface area contributed by atoms with Gasteiger partial charge in [0.2, 0.25) is 0 Å². The molecule has 0 aliphatic heterocycles. The van der Waals surface area contributed by atoms with Gasteiger partial charge in [0.1, 0.15) is 0 Å². The van der Waals surface area contributed by atoms with Crippen LogP contribution in [0.4, 0.5) is 5.00 Å². The van der Waals surface area contributed by atoms with E-state index in [4.69, 9.17) is 5.26 Å². The van der Waals surface area contributed by atoms with E-state index in [1.165, 1.54) is 0 Å². The second-order valence-electron chi connectivity index (χ2n) is 3.49. The largest absolute Gasteiger partial charge is 0.376 e. The molecule has 0 amide bonds. The highest BCUT2D eigenvalue weighted by atomic mass is 79.9. The Morgan fingerprint density at radius 3 is 2.79 bits per heavy atom. The van der Waals surface area contributed by atoms with E-state index >= 15 is 0 Å². The summed E-state index contributed by atoms with van der Waals surface area (Å²) >= 11 is 5.04. The number of anilines is 1. The van der Waals surface area contributed by atoms with E-state index in [0.29, 0.717) is 5.92 Å². The van der Waals surface area contributed by atoms with E-state index < -0.39 is 0 Å². The standard InChI is InChI=1S/C10H13BrN2S/c1-7(2)8(4-12)5-13-10-3-9(11)6-14-10/h3,6-8,13H,5H2,1-2H3. The summed E-state index contributed by atoms with van der Waals surface area (Å²) in [6, 6.07) is 4.34. The molecule has 0 radical (unpaired) electrons. The zero-order valence-corrected chi connectivity index (χ0v) is 10.7. The van der Waals surface area contributed by atoms with Gasteiger partial charge in [-0.2, -0.15) is 5.26 Å². The Morgan fingerprint density at radius 2 is 2.36 bits per heavy atom. The molecule has 1 N–H and O–H groups in total. The summed E-state index contributed by atoms with van der Waals surface area (Å²) < 4.78 is 1.09. The van der Waals surface area contributed by atoms with E-state index in [1.807, 2.05) is 11.4 Å². The van der Waals surface area contributed by atoms with Crippen molar-refractivity contribution in [1.82, 2.24) is 0 Å². The van der Waals surface area contributed by atoms with Crippen LogP contribution < -0.4 is 5.32 Å². The summed E-state index contributed by atoms with van der Waals surface area (Å²) in [5.41, 5.74) is 0. The molecule has 2 nitrogen and oxygen atoms in total. The summed E-state index contributed by atoms with van der Waals surface area (Å²) in [5.74, 6) is 0.478. The lowest BCUT2D eigenvalue weighted by Gasteiger charge is -2.13. The molecule has 1 aromatic rings. The van der Waals surface area contributed by atoms with Gasteiger partial charge in [0.05, 0.1) is 17.0 Å². The van der Waals surface area contributed by atoms with Crippen LogP contribution in [-0.4, -0.2) is 6.54 Å². The van der Waals surface area contributed by atoms with Crippen molar-refractivity contribution in [3.05, 3.63) is 15.9 Å². The number of hydrogen-bond acceptors (Lipinski definition) is 3. The molecule has 1 rings (SSSR count). The predicted molar refractivity (Wildman–Crippen MR) is 64.4 cm³/mol. The Morgan fingerprint density at radius 1 is 1.64 bits per heavy atom. The van der Waals surface area contributed by atoms with Crippen LogP contribution >= 0.6 is 27.3 Å². The molecular formula is C10H13BrN2S. The van der Waals surface area contributed by atoms with Crippen molar-refractivity contribution >= 4 is 32.3 Å². The molecule has 1 aromatic heterocycles. The number of halogens is 1. The lowest BCUT2D eigenvalue weighted by atomic mass is 9.98. The second kappa shape index (κ2) is 5.38. The minimum atomic E-state index is 0.0795. The van der Waals surface area contributed by atoms with Crippen molar-refractivity contribution in [3.8, 4) is 6.07 Å². The lowest BCUT2D eigenvalue weighted by Crippen LogP contribution is -2.17. The Balaban J connectivity index is 2.44. The molecule has 0 aliphatic carbocycles. The second-order valence-corrected chi connectivity index (χ2v) is 5.32. The summed E-state index contributed by atoms with van der Waals surface area (Å²) in [7, 11) is 0. The molecule has 0 saturated carbocycles. The average Bonchev–Trinajstić information content (AvgIpc) is 2.52. The molecular weight excluding hydrogens is 260 g/mol. The van der Waals surface area contributed by atoms with Crippen molar-refractivity contribution in [2.45, 2.75) is 13.8 Å². The van der Waals surface area contributed by atoms with Gasteiger partial charge in [0.15, 0.2) is 0 Å². The van der Waals surface area contributed by atoms with Gasteiger partial charge in [-0.3, -0.25) is 0 Å². The first kappa shape index (κ1) is 11.5. The molecule has 14 heavy (non-hydrogen) atoms. The van der Waals surface area contributed by atoms with Crippen molar-refractivity contribution in [2.24, 2.45) is 11.8 Å². The molecule has 76 valence electrons. The molecule has 0 fully saturated rings. The molecule has 0 aliphatic rings. The van der Waals surface area contributed by atoms with E-state index in [2.05, 4.69) is 41.2 Å². The van der Waals surface area contributed by atoms with Gasteiger partial charge in [-0.15, -0.1) is 11.3 Å². The Bertz CT molecular complexity index is 327. The van der Waals surface area contributed by atoms with E-state index in [1.54, 1.807) is 11.3 Å². The summed E-state index contributed by atoms with van der Waals surface area (Å²) in [4.78, 5) is 0. The van der Waals surface area contributed by atoms with E-state index in [-0.39, 0.29) is 5.92 Å². The van der Waals surface area contributed by atoms with Gasteiger partial charge < -0.3 is 5.32 Å².